The lowest BCUT2D eigenvalue weighted by molar-refractivity contribution is -0.386. The van der Waals surface area contributed by atoms with Gasteiger partial charge in [-0.3, -0.25) is 29.6 Å². The van der Waals surface area contributed by atoms with Crippen molar-refractivity contribution in [1.29, 1.82) is 0 Å². The summed E-state index contributed by atoms with van der Waals surface area (Å²) in [5, 5.41) is 19.5. The van der Waals surface area contributed by atoms with Crippen LogP contribution in [0, 0.1) is 29.8 Å². The summed E-state index contributed by atoms with van der Waals surface area (Å²) in [7, 11) is 0. The van der Waals surface area contributed by atoms with E-state index < -0.39 is 32.4 Å². The largest absolute Gasteiger partial charge is 0.353 e. The molecule has 0 bridgehead atoms. The Balaban J connectivity index is 2.14. The molecule has 0 radical (unpaired) electrons. The Morgan fingerprint density at radius 2 is 1.85 bits per heavy atom. The summed E-state index contributed by atoms with van der Waals surface area (Å²) < 4.78 is 18.0. The maximum absolute atomic E-state index is 16.8. The highest BCUT2D eigenvalue weighted by molar-refractivity contribution is 6.37. The maximum Gasteiger partial charge on any atom is 0.353 e. The number of hydrogen-bond donors (Lipinski definition) is 1. The monoisotopic (exact) mass is 562 g/mol. The molecule has 40 heavy (non-hydrogen) atoms. The van der Waals surface area contributed by atoms with Crippen LogP contribution in [0.15, 0.2) is 35.4 Å². The quantitative estimate of drug-likeness (QED) is 0.185. The molecule has 1 N–H and O–H groups in total. The number of fused-ring (bicyclic) bond motifs is 2. The SMILES string of the molecule is Cc1ccnc(C(C)C)c1-n1c(=O)c([N+](=O)[O-])c(Cl)c2c(C(C)(C)C)c(F)c(-c3c(C)ccc4[nH]ncc34)nc21. The third kappa shape index (κ3) is 4.05. The molecule has 0 spiro atoms. The average Bonchev–Trinajstić information content (AvgIpc) is 3.33. The molecule has 5 rings (SSSR count). The van der Waals surface area contributed by atoms with Gasteiger partial charge in [0, 0.05) is 22.7 Å². The molecule has 0 aliphatic carbocycles. The number of rotatable bonds is 4. The highest BCUT2D eigenvalue weighted by Gasteiger charge is 2.35. The first-order chi connectivity index (χ1) is 18.8. The number of halogens is 2. The lowest BCUT2D eigenvalue weighted by Gasteiger charge is -2.26. The van der Waals surface area contributed by atoms with Crippen molar-refractivity contribution in [2.75, 3.05) is 0 Å². The van der Waals surface area contributed by atoms with E-state index in [4.69, 9.17) is 16.6 Å². The van der Waals surface area contributed by atoms with Crippen molar-refractivity contribution in [3.63, 3.8) is 0 Å². The Morgan fingerprint density at radius 3 is 2.48 bits per heavy atom. The van der Waals surface area contributed by atoms with E-state index in [-0.39, 0.29) is 28.2 Å². The molecule has 0 atom stereocenters. The standard InChI is InChI=1S/C29H28ClFN6O3/c1-13(2)23-25(15(4)10-11-32-23)36-27-19(21(30)26(28(36)38)37(39)40)20(29(5,6)7)22(31)24(34-27)18-14(3)8-9-17-16(18)12-33-35-17/h8-13H,1-7H3,(H,33,35). The second-order valence-corrected chi connectivity index (χ2v) is 11.6. The number of nitrogens with zero attached hydrogens (tertiary/aromatic N) is 5. The van der Waals surface area contributed by atoms with Gasteiger partial charge in [0.1, 0.15) is 10.7 Å². The van der Waals surface area contributed by atoms with E-state index in [0.717, 1.165) is 5.56 Å². The van der Waals surface area contributed by atoms with Gasteiger partial charge in [-0.2, -0.15) is 5.10 Å². The predicted octanol–water partition coefficient (Wildman–Crippen LogP) is 7.06. The van der Waals surface area contributed by atoms with Gasteiger partial charge in [-0.05, 0) is 48.4 Å². The van der Waals surface area contributed by atoms with Crippen LogP contribution >= 0.6 is 11.6 Å². The minimum Gasteiger partial charge on any atom is -0.278 e. The van der Waals surface area contributed by atoms with Crippen molar-refractivity contribution >= 4 is 39.2 Å². The fraction of sp³-hybridized carbons (Fsp3) is 0.310. The van der Waals surface area contributed by atoms with Crippen LogP contribution in [-0.4, -0.2) is 29.7 Å². The number of hydrogen-bond acceptors (Lipinski definition) is 6. The zero-order valence-electron chi connectivity index (χ0n) is 23.2. The van der Waals surface area contributed by atoms with Crippen molar-refractivity contribution < 1.29 is 9.31 Å². The van der Waals surface area contributed by atoms with Gasteiger partial charge in [-0.25, -0.2) is 9.37 Å². The number of aromatic nitrogens is 5. The van der Waals surface area contributed by atoms with Crippen molar-refractivity contribution in [3.8, 4) is 16.9 Å². The van der Waals surface area contributed by atoms with Crippen LogP contribution in [0.2, 0.25) is 5.02 Å². The predicted molar refractivity (Wildman–Crippen MR) is 154 cm³/mol. The second-order valence-electron chi connectivity index (χ2n) is 11.3. The van der Waals surface area contributed by atoms with Gasteiger partial charge in [0.2, 0.25) is 0 Å². The van der Waals surface area contributed by atoms with E-state index in [2.05, 4.69) is 15.2 Å². The molecule has 4 aromatic heterocycles. The van der Waals surface area contributed by atoms with Gasteiger partial charge < -0.3 is 0 Å². The topological polar surface area (TPSA) is 120 Å². The molecule has 5 aromatic rings. The molecule has 1 aromatic carbocycles. The van der Waals surface area contributed by atoms with E-state index in [1.807, 2.05) is 32.9 Å². The van der Waals surface area contributed by atoms with Gasteiger partial charge in [-0.1, -0.05) is 52.3 Å². The lowest BCUT2D eigenvalue weighted by atomic mass is 9.83. The average molecular weight is 563 g/mol. The Bertz CT molecular complexity index is 1920. The smallest absolute Gasteiger partial charge is 0.278 e. The molecule has 4 heterocycles. The van der Waals surface area contributed by atoms with E-state index in [0.29, 0.717) is 33.4 Å². The van der Waals surface area contributed by atoms with Gasteiger partial charge in [0.15, 0.2) is 11.5 Å². The normalized spacial score (nSPS) is 12.2. The number of aryl methyl sites for hydroxylation is 2. The number of nitrogens with one attached hydrogen (secondary N) is 1. The van der Waals surface area contributed by atoms with Crippen LogP contribution < -0.4 is 5.56 Å². The van der Waals surface area contributed by atoms with Gasteiger partial charge in [-0.15, -0.1) is 0 Å². The third-order valence-electron chi connectivity index (χ3n) is 7.09. The third-order valence-corrected chi connectivity index (χ3v) is 7.46. The highest BCUT2D eigenvalue weighted by Crippen LogP contribution is 2.43. The molecule has 206 valence electrons. The Hall–Kier alpha value is -4.18. The Labute approximate surface area is 234 Å². The van der Waals surface area contributed by atoms with E-state index in [1.165, 1.54) is 4.57 Å². The minimum atomic E-state index is -0.969. The molecule has 0 aliphatic rings. The van der Waals surface area contributed by atoms with E-state index >= 15 is 4.39 Å². The Kier molecular flexibility index (Phi) is 6.49. The van der Waals surface area contributed by atoms with Crippen LogP contribution in [0.4, 0.5) is 10.1 Å². The van der Waals surface area contributed by atoms with Crippen LogP contribution in [0.25, 0.3) is 38.9 Å². The van der Waals surface area contributed by atoms with Crippen LogP contribution in [-0.2, 0) is 5.41 Å². The van der Waals surface area contributed by atoms with E-state index in [9.17, 15) is 14.9 Å². The van der Waals surface area contributed by atoms with Gasteiger partial charge in [0.05, 0.1) is 33.4 Å². The van der Waals surface area contributed by atoms with Crippen molar-refractivity contribution in [1.82, 2.24) is 24.7 Å². The zero-order chi connectivity index (χ0) is 29.3. The van der Waals surface area contributed by atoms with Crippen LogP contribution in [0.3, 0.4) is 0 Å². The summed E-state index contributed by atoms with van der Waals surface area (Å²) in [4.78, 5) is 34.6. The second kappa shape index (κ2) is 9.48. The molecular weight excluding hydrogens is 535 g/mol. The summed E-state index contributed by atoms with van der Waals surface area (Å²) in [5.41, 5.74) is 0.882. The lowest BCUT2D eigenvalue weighted by Crippen LogP contribution is -2.27. The summed E-state index contributed by atoms with van der Waals surface area (Å²) >= 11 is 6.64. The first-order valence-corrected chi connectivity index (χ1v) is 13.1. The molecule has 0 saturated carbocycles. The highest BCUT2D eigenvalue weighted by atomic mass is 35.5. The number of nitro groups is 1. The zero-order valence-corrected chi connectivity index (χ0v) is 23.9. The molecule has 0 fully saturated rings. The fourth-order valence-corrected chi connectivity index (χ4v) is 5.63. The summed E-state index contributed by atoms with van der Waals surface area (Å²) in [5.74, 6) is -0.819. The van der Waals surface area contributed by atoms with Crippen LogP contribution in [0.5, 0.6) is 0 Å². The molecule has 0 aliphatic heterocycles. The summed E-state index contributed by atoms with van der Waals surface area (Å²) in [6, 6.07) is 5.39. The van der Waals surface area contributed by atoms with Gasteiger partial charge >= 0.3 is 11.2 Å². The minimum absolute atomic E-state index is 0.00682. The number of pyridine rings is 3. The molecule has 0 unspecified atom stereocenters. The van der Waals surface area contributed by atoms with Crippen molar-refractivity contribution in [2.45, 2.75) is 59.8 Å². The summed E-state index contributed by atoms with van der Waals surface area (Å²) in [6.07, 6.45) is 3.21. The van der Waals surface area contributed by atoms with E-state index in [1.54, 1.807) is 46.2 Å². The number of benzene rings is 1. The molecule has 0 amide bonds. The van der Waals surface area contributed by atoms with Crippen molar-refractivity contribution in [3.05, 3.63) is 84.3 Å². The molecule has 11 heteroatoms. The molecular formula is C29H28ClFN6O3. The number of aromatic amines is 1. The molecule has 9 nitrogen and oxygen atoms in total. The van der Waals surface area contributed by atoms with Crippen LogP contribution in [0.1, 0.15) is 62.9 Å². The number of H-pyrrole nitrogens is 1. The first kappa shape index (κ1) is 27.4. The maximum atomic E-state index is 16.8. The van der Waals surface area contributed by atoms with Crippen molar-refractivity contribution in [2.24, 2.45) is 0 Å². The summed E-state index contributed by atoms with van der Waals surface area (Å²) in [6.45, 7) is 12.8. The first-order valence-electron chi connectivity index (χ1n) is 12.8. The van der Waals surface area contributed by atoms with Gasteiger partial charge in [0.25, 0.3) is 0 Å². The fourth-order valence-electron chi connectivity index (χ4n) is 5.30. The molecule has 0 saturated heterocycles. The Morgan fingerprint density at radius 1 is 1.15 bits per heavy atom.